The first-order valence-electron chi connectivity index (χ1n) is 4.58. The van der Waals surface area contributed by atoms with Crippen LogP contribution in [0.15, 0.2) is 0 Å². The Balaban J connectivity index is 2.38. The molecule has 0 N–H and O–H groups in total. The number of Topliss-reactive ketones (excluding diaryl/α,β-unsaturated/α-hetero) is 1. The molecule has 1 aliphatic carbocycles. The van der Waals surface area contributed by atoms with Gasteiger partial charge in [0, 0.05) is 12.8 Å². The molecule has 1 saturated carbocycles. The van der Waals surface area contributed by atoms with Gasteiger partial charge in [-0.3, -0.25) is 4.79 Å². The van der Waals surface area contributed by atoms with Crippen molar-refractivity contribution in [1.82, 2.24) is 0 Å². The fraction of sp³-hybridized carbons (Fsp3) is 0.900. The number of hydrogen-bond acceptors (Lipinski definition) is 1. The van der Waals surface area contributed by atoms with Crippen molar-refractivity contribution in [2.45, 2.75) is 46.5 Å². The van der Waals surface area contributed by atoms with E-state index in [0.717, 1.165) is 12.3 Å². The largest absolute Gasteiger partial charge is 0.300 e. The number of rotatable bonds is 4. The second kappa shape index (κ2) is 2.96. The van der Waals surface area contributed by atoms with E-state index >= 15 is 0 Å². The van der Waals surface area contributed by atoms with Crippen LogP contribution in [0, 0.1) is 11.3 Å². The molecule has 1 heteroatoms. The minimum Gasteiger partial charge on any atom is -0.300 e. The predicted octanol–water partition coefficient (Wildman–Crippen LogP) is 2.79. The van der Waals surface area contributed by atoms with Gasteiger partial charge in [-0.2, -0.15) is 0 Å². The summed E-state index contributed by atoms with van der Waals surface area (Å²) in [5, 5.41) is 0. The van der Waals surface area contributed by atoms with Gasteiger partial charge < -0.3 is 0 Å². The van der Waals surface area contributed by atoms with Crippen LogP contribution < -0.4 is 0 Å². The van der Waals surface area contributed by atoms with Crippen molar-refractivity contribution in [1.29, 1.82) is 0 Å². The van der Waals surface area contributed by atoms with Gasteiger partial charge in [0.25, 0.3) is 0 Å². The molecule has 0 amide bonds. The highest BCUT2D eigenvalue weighted by Crippen LogP contribution is 2.47. The zero-order valence-corrected chi connectivity index (χ0v) is 7.81. The molecule has 0 atom stereocenters. The maximum atomic E-state index is 11.2. The second-order valence-corrected chi connectivity index (χ2v) is 4.33. The molecule has 0 aromatic heterocycles. The molecule has 1 aliphatic rings. The molecule has 0 aliphatic heterocycles. The van der Waals surface area contributed by atoms with Crippen LogP contribution in [-0.4, -0.2) is 5.78 Å². The van der Waals surface area contributed by atoms with Gasteiger partial charge in [-0.25, -0.2) is 0 Å². The molecular weight excluding hydrogens is 136 g/mol. The molecule has 0 bridgehead atoms. The van der Waals surface area contributed by atoms with Crippen LogP contribution in [0.2, 0.25) is 0 Å². The summed E-state index contributed by atoms with van der Waals surface area (Å²) in [6.45, 7) is 6.39. The van der Waals surface area contributed by atoms with E-state index in [2.05, 4.69) is 13.8 Å². The Hall–Kier alpha value is -0.330. The molecule has 0 aromatic carbocycles. The lowest BCUT2D eigenvalue weighted by Crippen LogP contribution is -2.18. The van der Waals surface area contributed by atoms with Gasteiger partial charge in [-0.05, 0) is 24.2 Å². The number of carbonyl (C=O) groups is 1. The van der Waals surface area contributed by atoms with Crippen molar-refractivity contribution in [2.75, 3.05) is 0 Å². The van der Waals surface area contributed by atoms with Crippen molar-refractivity contribution < 1.29 is 4.79 Å². The van der Waals surface area contributed by atoms with Gasteiger partial charge in [0.05, 0.1) is 0 Å². The summed E-state index contributed by atoms with van der Waals surface area (Å²) in [7, 11) is 0. The maximum absolute atomic E-state index is 11.2. The first-order chi connectivity index (χ1) is 5.06. The summed E-state index contributed by atoms with van der Waals surface area (Å²) in [6.07, 6.45) is 4.16. The van der Waals surface area contributed by atoms with Gasteiger partial charge >= 0.3 is 0 Å². The van der Waals surface area contributed by atoms with Gasteiger partial charge in [-0.15, -0.1) is 0 Å². The molecule has 1 fully saturated rings. The van der Waals surface area contributed by atoms with E-state index in [1.54, 1.807) is 0 Å². The summed E-state index contributed by atoms with van der Waals surface area (Å²) in [4.78, 5) is 11.2. The van der Waals surface area contributed by atoms with Crippen LogP contribution in [0.25, 0.3) is 0 Å². The van der Waals surface area contributed by atoms with Crippen molar-refractivity contribution >= 4 is 5.78 Å². The monoisotopic (exact) mass is 154 g/mol. The molecule has 64 valence electrons. The normalized spacial score (nSPS) is 18.5. The zero-order chi connectivity index (χ0) is 8.48. The molecule has 1 rings (SSSR count). The van der Waals surface area contributed by atoms with Crippen LogP contribution in [0.5, 0.6) is 0 Å². The molecule has 0 heterocycles. The maximum Gasteiger partial charge on any atom is 0.133 e. The fourth-order valence-corrected chi connectivity index (χ4v) is 1.64. The average molecular weight is 154 g/mol. The summed E-state index contributed by atoms with van der Waals surface area (Å²) in [6, 6.07) is 0. The molecule has 11 heavy (non-hydrogen) atoms. The van der Waals surface area contributed by atoms with Crippen LogP contribution >= 0.6 is 0 Å². The zero-order valence-electron chi connectivity index (χ0n) is 7.81. The molecule has 0 saturated heterocycles. The standard InChI is InChI=1S/C10H18O/c1-4-9(11)7-10(2,3)8-5-6-8/h8H,4-7H2,1-3H3. The molecule has 1 nitrogen and oxygen atoms in total. The molecule has 0 aromatic rings. The molecule has 0 unspecified atom stereocenters. The minimum absolute atomic E-state index is 0.285. The summed E-state index contributed by atoms with van der Waals surface area (Å²) in [5.74, 6) is 1.25. The predicted molar refractivity (Wildman–Crippen MR) is 46.4 cm³/mol. The van der Waals surface area contributed by atoms with Gasteiger partial charge in [0.15, 0.2) is 0 Å². The van der Waals surface area contributed by atoms with E-state index in [4.69, 9.17) is 0 Å². The number of ketones is 1. The van der Waals surface area contributed by atoms with Crippen molar-refractivity contribution in [2.24, 2.45) is 11.3 Å². The van der Waals surface area contributed by atoms with Crippen LogP contribution in [0.4, 0.5) is 0 Å². The van der Waals surface area contributed by atoms with Crippen LogP contribution in [0.3, 0.4) is 0 Å². The SMILES string of the molecule is CCC(=O)CC(C)(C)C1CC1. The Morgan fingerprint density at radius 2 is 2.00 bits per heavy atom. The third kappa shape index (κ3) is 2.32. The smallest absolute Gasteiger partial charge is 0.133 e. The Bertz CT molecular complexity index is 154. The first kappa shape index (κ1) is 8.76. The summed E-state index contributed by atoms with van der Waals surface area (Å²) >= 11 is 0. The molecule has 0 radical (unpaired) electrons. The summed E-state index contributed by atoms with van der Waals surface area (Å²) in [5.41, 5.74) is 0.285. The summed E-state index contributed by atoms with van der Waals surface area (Å²) < 4.78 is 0. The Labute approximate surface area is 69.2 Å². The molecular formula is C10H18O. The van der Waals surface area contributed by atoms with E-state index in [1.165, 1.54) is 12.8 Å². The average Bonchev–Trinajstić information content (AvgIpc) is 2.66. The van der Waals surface area contributed by atoms with E-state index < -0.39 is 0 Å². The lowest BCUT2D eigenvalue weighted by molar-refractivity contribution is -0.120. The number of hydrogen-bond donors (Lipinski definition) is 0. The van der Waals surface area contributed by atoms with Gasteiger partial charge in [0.1, 0.15) is 5.78 Å². The molecule has 0 spiro atoms. The third-order valence-corrected chi connectivity index (χ3v) is 2.73. The lowest BCUT2D eigenvalue weighted by atomic mass is 9.82. The van der Waals surface area contributed by atoms with Gasteiger partial charge in [0.2, 0.25) is 0 Å². The lowest BCUT2D eigenvalue weighted by Gasteiger charge is -2.22. The van der Waals surface area contributed by atoms with E-state index in [9.17, 15) is 4.79 Å². The van der Waals surface area contributed by atoms with Gasteiger partial charge in [-0.1, -0.05) is 20.8 Å². The first-order valence-corrected chi connectivity index (χ1v) is 4.58. The highest BCUT2D eigenvalue weighted by molar-refractivity contribution is 5.78. The number of carbonyl (C=O) groups excluding carboxylic acids is 1. The Morgan fingerprint density at radius 3 is 2.36 bits per heavy atom. The Kier molecular flexibility index (Phi) is 2.36. The van der Waals surface area contributed by atoms with Crippen molar-refractivity contribution in [3.05, 3.63) is 0 Å². The Morgan fingerprint density at radius 1 is 1.45 bits per heavy atom. The van der Waals surface area contributed by atoms with E-state index in [0.29, 0.717) is 12.2 Å². The third-order valence-electron chi connectivity index (χ3n) is 2.73. The highest BCUT2D eigenvalue weighted by atomic mass is 16.1. The minimum atomic E-state index is 0.285. The second-order valence-electron chi connectivity index (χ2n) is 4.33. The van der Waals surface area contributed by atoms with Crippen molar-refractivity contribution in [3.8, 4) is 0 Å². The van der Waals surface area contributed by atoms with Crippen molar-refractivity contribution in [3.63, 3.8) is 0 Å². The quantitative estimate of drug-likeness (QED) is 0.608. The highest BCUT2D eigenvalue weighted by Gasteiger charge is 2.38. The van der Waals surface area contributed by atoms with E-state index in [1.807, 2.05) is 6.92 Å². The van der Waals surface area contributed by atoms with E-state index in [-0.39, 0.29) is 5.41 Å². The van der Waals surface area contributed by atoms with Crippen LogP contribution in [-0.2, 0) is 4.79 Å². The fourth-order valence-electron chi connectivity index (χ4n) is 1.64. The topological polar surface area (TPSA) is 17.1 Å². The van der Waals surface area contributed by atoms with Crippen LogP contribution in [0.1, 0.15) is 46.5 Å².